The van der Waals surface area contributed by atoms with Crippen LogP contribution in [0.4, 0.5) is 5.69 Å². The van der Waals surface area contributed by atoms with Gasteiger partial charge in [-0.05, 0) is 19.1 Å². The van der Waals surface area contributed by atoms with Crippen molar-refractivity contribution < 1.29 is 9.59 Å². The summed E-state index contributed by atoms with van der Waals surface area (Å²) in [5.41, 5.74) is 2.16. The average molecular weight is 345 g/mol. The van der Waals surface area contributed by atoms with E-state index in [2.05, 4.69) is 17.0 Å². The number of aromatic nitrogens is 2. The number of rotatable bonds is 3. The van der Waals surface area contributed by atoms with Gasteiger partial charge >= 0.3 is 0 Å². The molecule has 124 valence electrons. The molecule has 0 saturated heterocycles. The second-order valence-electron chi connectivity index (χ2n) is 5.67. The van der Waals surface area contributed by atoms with E-state index in [1.165, 1.54) is 6.20 Å². The molecule has 2 heterocycles. The maximum Gasteiger partial charge on any atom is 0.259 e. The Labute approximate surface area is 144 Å². The fourth-order valence-corrected chi connectivity index (χ4v) is 2.81. The number of fused-ring (bicyclic) bond motifs is 1. The molecule has 0 aliphatic carbocycles. The van der Waals surface area contributed by atoms with Gasteiger partial charge in [0, 0.05) is 12.1 Å². The summed E-state index contributed by atoms with van der Waals surface area (Å²) in [6.45, 7) is 6.80. The maximum atomic E-state index is 12.6. The van der Waals surface area contributed by atoms with Crippen LogP contribution >= 0.6 is 11.6 Å². The lowest BCUT2D eigenvalue weighted by molar-refractivity contribution is -0.128. The Morgan fingerprint density at radius 1 is 1.29 bits per heavy atom. The van der Waals surface area contributed by atoms with Crippen molar-refractivity contribution in [1.29, 1.82) is 0 Å². The molecule has 1 aliphatic heterocycles. The van der Waals surface area contributed by atoms with Gasteiger partial charge in [0.1, 0.15) is 0 Å². The summed E-state index contributed by atoms with van der Waals surface area (Å²) in [6, 6.07) is 7.02. The number of carbonyl (C=O) groups is 2. The van der Waals surface area contributed by atoms with E-state index < -0.39 is 0 Å². The van der Waals surface area contributed by atoms with E-state index in [1.807, 2.05) is 0 Å². The molecule has 3 rings (SSSR count). The number of anilines is 1. The molecule has 0 atom stereocenters. The van der Waals surface area contributed by atoms with Crippen molar-refractivity contribution in [3.05, 3.63) is 58.9 Å². The number of hydrogen-bond donors (Lipinski definition) is 1. The molecule has 1 N–H and O–H groups in total. The van der Waals surface area contributed by atoms with Crippen LogP contribution in [0.5, 0.6) is 0 Å². The molecule has 2 amide bonds. The minimum Gasteiger partial charge on any atom is -0.331 e. The summed E-state index contributed by atoms with van der Waals surface area (Å²) < 4.78 is 1.75. The fraction of sp³-hybridized carbons (Fsp3) is 0.235. The van der Waals surface area contributed by atoms with E-state index in [1.54, 1.807) is 40.8 Å². The molecule has 1 aliphatic rings. The van der Waals surface area contributed by atoms with Gasteiger partial charge in [-0.3, -0.25) is 14.3 Å². The van der Waals surface area contributed by atoms with E-state index in [0.717, 1.165) is 0 Å². The largest absolute Gasteiger partial charge is 0.331 e. The third-order valence-electron chi connectivity index (χ3n) is 3.89. The fourth-order valence-electron chi connectivity index (χ4n) is 2.63. The number of amides is 2. The Kier molecular flexibility index (Phi) is 4.40. The average Bonchev–Trinajstić information content (AvgIpc) is 2.99. The van der Waals surface area contributed by atoms with Crippen molar-refractivity contribution in [2.45, 2.75) is 20.0 Å². The summed E-state index contributed by atoms with van der Waals surface area (Å²) in [7, 11) is 0. The van der Waals surface area contributed by atoms with Crippen molar-refractivity contribution in [2.75, 3.05) is 11.9 Å². The standard InChI is InChI=1S/C17H17ClN4O2/c1-11(2)17(24)21-7-8-22-15(10-21)12(9-19-22)16(23)20-14-6-4-3-5-13(14)18/h3-6,9H,1,7-8,10H2,2H3,(H,20,23). The first-order valence-corrected chi connectivity index (χ1v) is 7.90. The third kappa shape index (κ3) is 3.05. The quantitative estimate of drug-likeness (QED) is 0.870. The maximum absolute atomic E-state index is 12.6. The smallest absolute Gasteiger partial charge is 0.259 e. The minimum atomic E-state index is -0.297. The Bertz CT molecular complexity index is 828. The van der Waals surface area contributed by atoms with Crippen LogP contribution in [0.2, 0.25) is 5.02 Å². The van der Waals surface area contributed by atoms with E-state index in [4.69, 9.17) is 11.6 Å². The lowest BCUT2D eigenvalue weighted by Gasteiger charge is -2.28. The molecule has 0 fully saturated rings. The molecule has 0 bridgehead atoms. The van der Waals surface area contributed by atoms with Crippen LogP contribution in [0.1, 0.15) is 23.0 Å². The summed E-state index contributed by atoms with van der Waals surface area (Å²) in [4.78, 5) is 26.4. The molecule has 1 aromatic heterocycles. The van der Waals surface area contributed by atoms with Crippen molar-refractivity contribution in [3.63, 3.8) is 0 Å². The van der Waals surface area contributed by atoms with E-state index in [-0.39, 0.29) is 11.8 Å². The zero-order chi connectivity index (χ0) is 17.3. The van der Waals surface area contributed by atoms with E-state index in [0.29, 0.717) is 47.2 Å². The first-order valence-electron chi connectivity index (χ1n) is 7.52. The number of nitrogens with one attached hydrogen (secondary N) is 1. The number of hydrogen-bond acceptors (Lipinski definition) is 3. The normalized spacial score (nSPS) is 13.3. The highest BCUT2D eigenvalue weighted by Crippen LogP contribution is 2.23. The Balaban J connectivity index is 1.83. The number of halogens is 1. The van der Waals surface area contributed by atoms with Crippen LogP contribution < -0.4 is 5.32 Å². The first-order chi connectivity index (χ1) is 11.5. The van der Waals surface area contributed by atoms with Crippen molar-refractivity contribution >= 4 is 29.1 Å². The van der Waals surface area contributed by atoms with Crippen molar-refractivity contribution in [3.8, 4) is 0 Å². The van der Waals surface area contributed by atoms with Gasteiger partial charge in [0.2, 0.25) is 5.91 Å². The van der Waals surface area contributed by atoms with E-state index in [9.17, 15) is 9.59 Å². The predicted molar refractivity (Wildman–Crippen MR) is 91.9 cm³/mol. The van der Waals surface area contributed by atoms with Crippen LogP contribution in [0.15, 0.2) is 42.6 Å². The number of carbonyl (C=O) groups excluding carboxylic acids is 2. The highest BCUT2D eigenvalue weighted by Gasteiger charge is 2.26. The molecular formula is C17H17ClN4O2. The van der Waals surface area contributed by atoms with Crippen molar-refractivity contribution in [1.82, 2.24) is 14.7 Å². The lowest BCUT2D eigenvalue weighted by Crippen LogP contribution is -2.39. The number of nitrogens with zero attached hydrogens (tertiary/aromatic N) is 3. The molecule has 0 radical (unpaired) electrons. The highest BCUT2D eigenvalue weighted by molar-refractivity contribution is 6.33. The second-order valence-corrected chi connectivity index (χ2v) is 6.08. The Morgan fingerprint density at radius 2 is 2.04 bits per heavy atom. The van der Waals surface area contributed by atoms with E-state index >= 15 is 0 Å². The molecular weight excluding hydrogens is 328 g/mol. The third-order valence-corrected chi connectivity index (χ3v) is 4.22. The van der Waals surface area contributed by atoms with Crippen molar-refractivity contribution in [2.24, 2.45) is 0 Å². The van der Waals surface area contributed by atoms with Gasteiger partial charge in [0.25, 0.3) is 5.91 Å². The summed E-state index contributed by atoms with van der Waals surface area (Å²) in [5.74, 6) is -0.408. The highest BCUT2D eigenvalue weighted by atomic mass is 35.5. The Hall–Kier alpha value is -2.60. The summed E-state index contributed by atoms with van der Waals surface area (Å²) in [6.07, 6.45) is 1.52. The summed E-state index contributed by atoms with van der Waals surface area (Å²) >= 11 is 6.07. The molecule has 0 saturated carbocycles. The lowest BCUT2D eigenvalue weighted by atomic mass is 10.1. The monoisotopic (exact) mass is 344 g/mol. The Morgan fingerprint density at radius 3 is 2.75 bits per heavy atom. The topological polar surface area (TPSA) is 67.2 Å². The van der Waals surface area contributed by atoms with Gasteiger partial charge < -0.3 is 10.2 Å². The van der Waals surface area contributed by atoms with Crippen LogP contribution in [-0.4, -0.2) is 33.0 Å². The summed E-state index contributed by atoms with van der Waals surface area (Å²) in [5, 5.41) is 7.49. The predicted octanol–water partition coefficient (Wildman–Crippen LogP) is 2.71. The number of para-hydroxylation sites is 1. The van der Waals surface area contributed by atoms with Gasteiger partial charge in [-0.1, -0.05) is 30.3 Å². The zero-order valence-electron chi connectivity index (χ0n) is 13.3. The van der Waals surface area contributed by atoms with Crippen LogP contribution in [0.25, 0.3) is 0 Å². The minimum absolute atomic E-state index is 0.111. The van der Waals surface area contributed by atoms with Gasteiger partial charge in [0.05, 0.1) is 41.3 Å². The van der Waals surface area contributed by atoms with Crippen LogP contribution in [0.3, 0.4) is 0 Å². The second kappa shape index (κ2) is 6.49. The molecule has 1 aromatic carbocycles. The van der Waals surface area contributed by atoms with Crippen LogP contribution in [-0.2, 0) is 17.9 Å². The molecule has 6 nitrogen and oxygen atoms in total. The van der Waals surface area contributed by atoms with Crippen LogP contribution in [0, 0.1) is 0 Å². The first kappa shape index (κ1) is 16.3. The zero-order valence-corrected chi connectivity index (χ0v) is 14.0. The molecule has 7 heteroatoms. The van der Waals surface area contributed by atoms with Gasteiger partial charge in [-0.25, -0.2) is 0 Å². The van der Waals surface area contributed by atoms with Gasteiger partial charge in [-0.15, -0.1) is 0 Å². The SMILES string of the molecule is C=C(C)C(=O)N1CCn2ncc(C(=O)Nc3ccccc3Cl)c2C1. The molecule has 24 heavy (non-hydrogen) atoms. The van der Waals surface area contributed by atoms with Gasteiger partial charge in [-0.2, -0.15) is 5.10 Å². The molecule has 0 spiro atoms. The molecule has 2 aromatic rings. The molecule has 0 unspecified atom stereocenters. The van der Waals surface area contributed by atoms with Gasteiger partial charge in [0.15, 0.2) is 0 Å². The number of benzene rings is 1.